The van der Waals surface area contributed by atoms with Crippen molar-refractivity contribution in [3.63, 3.8) is 0 Å². The van der Waals surface area contributed by atoms with Gasteiger partial charge in [0.25, 0.3) is 0 Å². The number of hydrogen-bond acceptors (Lipinski definition) is 7. The van der Waals surface area contributed by atoms with Gasteiger partial charge in [-0.2, -0.15) is 0 Å². The average molecular weight is 431 g/mol. The zero-order chi connectivity index (χ0) is 21.8. The molecule has 2 aliphatic heterocycles. The lowest BCUT2D eigenvalue weighted by molar-refractivity contribution is -0.0294. The van der Waals surface area contributed by atoms with E-state index in [9.17, 15) is 0 Å². The number of anilines is 2. The summed E-state index contributed by atoms with van der Waals surface area (Å²) in [5.41, 5.74) is 4.14. The molecule has 2 aromatic heterocycles. The lowest BCUT2D eigenvalue weighted by atomic mass is 10.1. The molecule has 7 heteroatoms. The molecule has 164 valence electrons. The Labute approximate surface area is 187 Å². The fourth-order valence-electron chi connectivity index (χ4n) is 3.99. The third-order valence-electron chi connectivity index (χ3n) is 5.62. The van der Waals surface area contributed by atoms with Gasteiger partial charge in [-0.05, 0) is 54.1 Å². The highest BCUT2D eigenvalue weighted by atomic mass is 16.5. The first kappa shape index (κ1) is 20.5. The molecule has 1 atom stereocenters. The molecular formula is C25H26N4O3. The van der Waals surface area contributed by atoms with Crippen molar-refractivity contribution in [2.45, 2.75) is 6.10 Å². The number of nitrogens with zero attached hydrogens (tertiary/aromatic N) is 3. The number of hydrogen-bond donors (Lipinski definition) is 1. The van der Waals surface area contributed by atoms with E-state index in [0.29, 0.717) is 13.2 Å². The largest absolute Gasteiger partial charge is 0.497 e. The number of fused-ring (bicyclic) bond motifs is 1. The number of nitrogens with one attached hydrogen (secondary N) is 1. The molecule has 7 nitrogen and oxygen atoms in total. The molecule has 1 aromatic carbocycles. The van der Waals surface area contributed by atoms with E-state index < -0.39 is 0 Å². The minimum atomic E-state index is -0.0508. The van der Waals surface area contributed by atoms with E-state index in [1.165, 1.54) is 5.57 Å². The Morgan fingerprint density at radius 2 is 2.12 bits per heavy atom. The van der Waals surface area contributed by atoms with Gasteiger partial charge in [0, 0.05) is 31.4 Å². The third kappa shape index (κ3) is 4.74. The minimum absolute atomic E-state index is 0.0508. The lowest BCUT2D eigenvalue weighted by Gasteiger charge is -2.33. The van der Waals surface area contributed by atoms with Crippen molar-refractivity contribution < 1.29 is 14.2 Å². The van der Waals surface area contributed by atoms with Gasteiger partial charge in [0.15, 0.2) is 0 Å². The molecule has 0 radical (unpaired) electrons. The Morgan fingerprint density at radius 3 is 2.94 bits per heavy atom. The summed E-state index contributed by atoms with van der Waals surface area (Å²) in [5.74, 6) is 2.53. The summed E-state index contributed by atoms with van der Waals surface area (Å²) in [5, 5.41) is 3.26. The Kier molecular flexibility index (Phi) is 6.00. The average Bonchev–Trinajstić information content (AvgIpc) is 2.85. The van der Waals surface area contributed by atoms with Crippen LogP contribution in [0.25, 0.3) is 6.08 Å². The van der Waals surface area contributed by atoms with Crippen LogP contribution in [-0.2, 0) is 4.74 Å². The van der Waals surface area contributed by atoms with Crippen molar-refractivity contribution in [1.29, 1.82) is 0 Å². The maximum absolute atomic E-state index is 6.02. The van der Waals surface area contributed by atoms with E-state index in [2.05, 4.69) is 26.3 Å². The molecule has 1 saturated heterocycles. The number of aromatic nitrogens is 2. The number of methoxy groups -OCH3 is 1. The van der Waals surface area contributed by atoms with Crippen molar-refractivity contribution in [2.24, 2.45) is 0 Å². The predicted molar refractivity (Wildman–Crippen MR) is 123 cm³/mol. The smallest absolute Gasteiger partial charge is 0.130 e. The molecule has 3 aromatic rings. The molecule has 5 rings (SSSR count). The van der Waals surface area contributed by atoms with Gasteiger partial charge in [0.1, 0.15) is 30.0 Å². The molecule has 2 aliphatic rings. The zero-order valence-corrected chi connectivity index (χ0v) is 18.0. The van der Waals surface area contributed by atoms with Crippen LogP contribution < -0.4 is 14.8 Å². The van der Waals surface area contributed by atoms with E-state index in [-0.39, 0.29) is 6.10 Å². The second kappa shape index (κ2) is 9.38. The molecule has 1 N–H and O–H groups in total. The van der Waals surface area contributed by atoms with E-state index in [0.717, 1.165) is 53.9 Å². The van der Waals surface area contributed by atoms with Crippen LogP contribution in [0.15, 0.2) is 66.5 Å². The number of pyridine rings is 2. The van der Waals surface area contributed by atoms with Gasteiger partial charge in [-0.15, -0.1) is 0 Å². The van der Waals surface area contributed by atoms with Gasteiger partial charge in [-0.25, -0.2) is 4.98 Å². The van der Waals surface area contributed by atoms with Crippen LogP contribution in [0.5, 0.6) is 11.5 Å². The van der Waals surface area contributed by atoms with Crippen LogP contribution in [0.4, 0.5) is 11.5 Å². The summed E-state index contributed by atoms with van der Waals surface area (Å²) in [6.45, 7) is 3.81. The summed E-state index contributed by atoms with van der Waals surface area (Å²) < 4.78 is 17.3. The van der Waals surface area contributed by atoms with Gasteiger partial charge in [0.05, 0.1) is 31.3 Å². The van der Waals surface area contributed by atoms with Crippen LogP contribution in [0, 0.1) is 0 Å². The quantitative estimate of drug-likeness (QED) is 0.632. The van der Waals surface area contributed by atoms with E-state index in [1.54, 1.807) is 13.3 Å². The van der Waals surface area contributed by atoms with Gasteiger partial charge >= 0.3 is 0 Å². The van der Waals surface area contributed by atoms with Gasteiger partial charge in [-0.1, -0.05) is 6.07 Å². The molecule has 0 bridgehead atoms. The fraction of sp³-hybridized carbons (Fsp3) is 0.280. The minimum Gasteiger partial charge on any atom is -0.497 e. The summed E-state index contributed by atoms with van der Waals surface area (Å²) in [6.07, 6.45) is 5.75. The van der Waals surface area contributed by atoms with Gasteiger partial charge < -0.3 is 19.5 Å². The molecule has 0 amide bonds. The highest BCUT2D eigenvalue weighted by Gasteiger charge is 2.24. The van der Waals surface area contributed by atoms with E-state index in [1.807, 2.05) is 54.7 Å². The zero-order valence-electron chi connectivity index (χ0n) is 18.0. The fourth-order valence-corrected chi connectivity index (χ4v) is 3.99. The van der Waals surface area contributed by atoms with Crippen LogP contribution in [0.2, 0.25) is 0 Å². The second-order valence-electron chi connectivity index (χ2n) is 7.90. The summed E-state index contributed by atoms with van der Waals surface area (Å²) in [7, 11) is 1.68. The number of rotatable bonds is 6. The molecule has 0 spiro atoms. The Balaban J connectivity index is 1.22. The molecule has 0 saturated carbocycles. The number of benzene rings is 1. The highest BCUT2D eigenvalue weighted by molar-refractivity contribution is 5.64. The second-order valence-corrected chi connectivity index (χ2v) is 7.90. The van der Waals surface area contributed by atoms with Crippen LogP contribution >= 0.6 is 0 Å². The van der Waals surface area contributed by atoms with Gasteiger partial charge in [0.2, 0.25) is 0 Å². The Hall–Kier alpha value is -3.42. The molecule has 1 unspecified atom stereocenters. The Morgan fingerprint density at radius 1 is 1.16 bits per heavy atom. The van der Waals surface area contributed by atoms with Crippen LogP contribution in [0.3, 0.4) is 0 Å². The van der Waals surface area contributed by atoms with Gasteiger partial charge in [-0.3, -0.25) is 9.88 Å². The predicted octanol–water partition coefficient (Wildman–Crippen LogP) is 4.08. The van der Waals surface area contributed by atoms with Crippen molar-refractivity contribution in [3.8, 4) is 11.5 Å². The van der Waals surface area contributed by atoms with Crippen molar-refractivity contribution in [2.75, 3.05) is 45.3 Å². The van der Waals surface area contributed by atoms with Crippen molar-refractivity contribution in [3.05, 3.63) is 77.8 Å². The summed E-state index contributed by atoms with van der Waals surface area (Å²) >= 11 is 0. The van der Waals surface area contributed by atoms with Crippen molar-refractivity contribution >= 4 is 17.6 Å². The van der Waals surface area contributed by atoms with Crippen LogP contribution in [0.1, 0.15) is 17.4 Å². The number of morpholine rings is 1. The number of ether oxygens (including phenoxy) is 3. The molecule has 4 heterocycles. The van der Waals surface area contributed by atoms with E-state index in [4.69, 9.17) is 14.2 Å². The lowest BCUT2D eigenvalue weighted by Crippen LogP contribution is -2.40. The Bertz CT molecular complexity index is 1090. The maximum Gasteiger partial charge on any atom is 0.130 e. The van der Waals surface area contributed by atoms with E-state index >= 15 is 0 Å². The standard InChI is InChI=1S/C25H26N4O3/c1-30-21-6-8-23-19(13-21)12-18(17-32-23)15-29-10-11-31-24(16-29)22-7-5-20(14-27-22)28-25-4-2-3-9-26-25/h2-9,12-14,24H,10-11,15-17H2,1H3,(H,26,28). The third-order valence-corrected chi connectivity index (χ3v) is 5.62. The molecule has 32 heavy (non-hydrogen) atoms. The SMILES string of the molecule is COc1ccc2c(c1)C=C(CN1CCOC(c3ccc(Nc4ccccn4)cn3)C1)CO2. The van der Waals surface area contributed by atoms with Crippen LogP contribution in [-0.4, -0.2) is 54.8 Å². The molecule has 0 aliphatic carbocycles. The molecule has 1 fully saturated rings. The highest BCUT2D eigenvalue weighted by Crippen LogP contribution is 2.31. The summed E-state index contributed by atoms with van der Waals surface area (Å²) in [6, 6.07) is 15.7. The molecular weight excluding hydrogens is 404 g/mol. The first-order valence-corrected chi connectivity index (χ1v) is 10.7. The maximum atomic E-state index is 6.02. The first-order chi connectivity index (χ1) is 15.8. The topological polar surface area (TPSA) is 68.7 Å². The monoisotopic (exact) mass is 430 g/mol. The van der Waals surface area contributed by atoms with Crippen molar-refractivity contribution in [1.82, 2.24) is 14.9 Å². The normalized spacial score (nSPS) is 18.3. The first-order valence-electron chi connectivity index (χ1n) is 10.7. The summed E-state index contributed by atoms with van der Waals surface area (Å²) in [4.78, 5) is 11.3.